The van der Waals surface area contributed by atoms with Crippen LogP contribution in [0.4, 0.5) is 5.69 Å². The molecule has 33 heavy (non-hydrogen) atoms. The van der Waals surface area contributed by atoms with Crippen molar-refractivity contribution in [2.24, 2.45) is 0 Å². The fourth-order valence-corrected chi connectivity index (χ4v) is 4.25. The van der Waals surface area contributed by atoms with Crippen molar-refractivity contribution >= 4 is 28.8 Å². The second-order valence-electron chi connectivity index (χ2n) is 7.99. The van der Waals surface area contributed by atoms with E-state index in [0.29, 0.717) is 22.8 Å². The molecule has 0 bridgehead atoms. The van der Waals surface area contributed by atoms with E-state index in [1.165, 1.54) is 11.3 Å². The Bertz CT molecular complexity index is 1120. The van der Waals surface area contributed by atoms with E-state index in [0.717, 1.165) is 36.3 Å². The van der Waals surface area contributed by atoms with Gasteiger partial charge in [-0.15, -0.1) is 10.2 Å². The summed E-state index contributed by atoms with van der Waals surface area (Å²) in [7, 11) is 0. The minimum absolute atomic E-state index is 0.0716. The van der Waals surface area contributed by atoms with Gasteiger partial charge >= 0.3 is 0 Å². The standard InChI is InChI=1S/C24H26N4O4S/c1-15-9-16(2)11-20(10-15)32-14-21-27-28-24(33-21)23(30)26-18-6-3-5-17(12-18)22(29)25-13-19-7-4-8-31-19/h3,5-6,9-12,19H,4,7-8,13-14H2,1-2H3,(H,25,29)(H,26,30)/t19-/m0/s1. The van der Waals surface area contributed by atoms with E-state index in [-0.39, 0.29) is 29.5 Å². The van der Waals surface area contributed by atoms with Crippen molar-refractivity contribution in [1.82, 2.24) is 15.5 Å². The number of ether oxygens (including phenoxy) is 2. The molecule has 1 fully saturated rings. The van der Waals surface area contributed by atoms with Crippen molar-refractivity contribution in [1.29, 1.82) is 0 Å². The largest absolute Gasteiger partial charge is 0.486 e. The van der Waals surface area contributed by atoms with Crippen LogP contribution in [0.5, 0.6) is 5.75 Å². The Balaban J connectivity index is 1.32. The number of carbonyl (C=O) groups excluding carboxylic acids is 2. The Morgan fingerprint density at radius 2 is 1.94 bits per heavy atom. The van der Waals surface area contributed by atoms with Gasteiger partial charge in [0.25, 0.3) is 11.8 Å². The maximum Gasteiger partial charge on any atom is 0.286 e. The molecule has 2 aromatic carbocycles. The second-order valence-corrected chi connectivity index (χ2v) is 9.06. The Labute approximate surface area is 196 Å². The predicted octanol–water partition coefficient (Wildman–Crippen LogP) is 3.90. The summed E-state index contributed by atoms with van der Waals surface area (Å²) >= 11 is 1.17. The highest BCUT2D eigenvalue weighted by Gasteiger charge is 2.18. The van der Waals surface area contributed by atoms with Gasteiger partial charge in [-0.3, -0.25) is 9.59 Å². The summed E-state index contributed by atoms with van der Waals surface area (Å²) in [6, 6.07) is 12.8. The molecule has 9 heteroatoms. The maximum atomic E-state index is 12.6. The zero-order valence-corrected chi connectivity index (χ0v) is 19.4. The summed E-state index contributed by atoms with van der Waals surface area (Å²) in [6.45, 7) is 5.47. The lowest BCUT2D eigenvalue weighted by Crippen LogP contribution is -2.31. The van der Waals surface area contributed by atoms with Gasteiger partial charge in [0.1, 0.15) is 12.4 Å². The molecule has 0 saturated carbocycles. The van der Waals surface area contributed by atoms with Crippen LogP contribution < -0.4 is 15.4 Å². The molecule has 8 nitrogen and oxygen atoms in total. The van der Waals surface area contributed by atoms with Gasteiger partial charge in [0.2, 0.25) is 5.01 Å². The van der Waals surface area contributed by atoms with E-state index in [4.69, 9.17) is 9.47 Å². The molecule has 1 saturated heterocycles. The van der Waals surface area contributed by atoms with Gasteiger partial charge in [0.05, 0.1) is 6.10 Å². The Hall–Kier alpha value is -3.30. The highest BCUT2D eigenvalue weighted by atomic mass is 32.1. The third-order valence-electron chi connectivity index (χ3n) is 5.12. The molecular formula is C24H26N4O4S. The molecule has 1 aliphatic heterocycles. The van der Waals surface area contributed by atoms with Gasteiger partial charge in [-0.25, -0.2) is 0 Å². The second kappa shape index (κ2) is 10.5. The number of hydrogen-bond acceptors (Lipinski definition) is 7. The van der Waals surface area contributed by atoms with Crippen LogP contribution in [0, 0.1) is 13.8 Å². The van der Waals surface area contributed by atoms with Crippen LogP contribution in [0.2, 0.25) is 0 Å². The zero-order valence-electron chi connectivity index (χ0n) is 18.6. The SMILES string of the molecule is Cc1cc(C)cc(OCc2nnc(C(=O)Nc3cccc(C(=O)NC[C@@H]4CCCO4)c3)s2)c1. The van der Waals surface area contributed by atoms with Crippen molar-refractivity contribution in [2.75, 3.05) is 18.5 Å². The number of nitrogens with one attached hydrogen (secondary N) is 2. The summed E-state index contributed by atoms with van der Waals surface area (Å²) in [4.78, 5) is 25.0. The average molecular weight is 467 g/mol. The predicted molar refractivity (Wildman–Crippen MR) is 126 cm³/mol. The number of carbonyl (C=O) groups is 2. The Morgan fingerprint density at radius 3 is 2.70 bits per heavy atom. The average Bonchev–Trinajstić information content (AvgIpc) is 3.48. The monoisotopic (exact) mass is 466 g/mol. The normalized spacial score (nSPS) is 15.3. The molecule has 0 radical (unpaired) electrons. The third-order valence-corrected chi connectivity index (χ3v) is 6.01. The van der Waals surface area contributed by atoms with Crippen LogP contribution in [-0.2, 0) is 11.3 Å². The van der Waals surface area contributed by atoms with Gasteiger partial charge in [-0.2, -0.15) is 0 Å². The molecule has 1 aliphatic rings. The highest BCUT2D eigenvalue weighted by molar-refractivity contribution is 7.13. The number of benzene rings is 2. The Kier molecular flexibility index (Phi) is 7.31. The smallest absolute Gasteiger partial charge is 0.286 e. The number of aromatic nitrogens is 2. The van der Waals surface area contributed by atoms with Gasteiger partial charge < -0.3 is 20.1 Å². The minimum Gasteiger partial charge on any atom is -0.486 e. The van der Waals surface area contributed by atoms with Crippen molar-refractivity contribution < 1.29 is 19.1 Å². The lowest BCUT2D eigenvalue weighted by atomic mass is 10.1. The van der Waals surface area contributed by atoms with Crippen molar-refractivity contribution in [3.63, 3.8) is 0 Å². The molecular weight excluding hydrogens is 440 g/mol. The number of anilines is 1. The van der Waals surface area contributed by atoms with E-state index in [2.05, 4.69) is 26.9 Å². The van der Waals surface area contributed by atoms with Crippen molar-refractivity contribution in [3.05, 3.63) is 69.2 Å². The lowest BCUT2D eigenvalue weighted by molar-refractivity contribution is 0.0857. The van der Waals surface area contributed by atoms with Crippen molar-refractivity contribution in [3.8, 4) is 5.75 Å². The molecule has 1 aromatic heterocycles. The molecule has 0 spiro atoms. The van der Waals surface area contributed by atoms with E-state index < -0.39 is 0 Å². The number of hydrogen-bond donors (Lipinski definition) is 2. The molecule has 0 aliphatic carbocycles. The third kappa shape index (κ3) is 6.36. The minimum atomic E-state index is -0.387. The molecule has 0 unspecified atom stereocenters. The van der Waals surface area contributed by atoms with Gasteiger partial charge in [0, 0.05) is 24.4 Å². The number of amides is 2. The molecule has 2 N–H and O–H groups in total. The molecule has 2 heterocycles. The fraction of sp³-hybridized carbons (Fsp3) is 0.333. The molecule has 1 atom stereocenters. The molecule has 172 valence electrons. The van der Waals surface area contributed by atoms with Crippen molar-refractivity contribution in [2.45, 2.75) is 39.4 Å². The first-order valence-corrected chi connectivity index (χ1v) is 11.6. The van der Waals surface area contributed by atoms with Crippen LogP contribution in [0.15, 0.2) is 42.5 Å². The first-order chi connectivity index (χ1) is 16.0. The number of nitrogens with zero attached hydrogens (tertiary/aromatic N) is 2. The van der Waals surface area contributed by atoms with Gasteiger partial charge in [0.15, 0.2) is 5.01 Å². The first-order valence-electron chi connectivity index (χ1n) is 10.8. The highest BCUT2D eigenvalue weighted by Crippen LogP contribution is 2.20. The summed E-state index contributed by atoms with van der Waals surface area (Å²) in [5.41, 5.74) is 3.20. The molecule has 2 amide bonds. The van der Waals surface area contributed by atoms with E-state index in [1.54, 1.807) is 24.3 Å². The summed E-state index contributed by atoms with van der Waals surface area (Å²) in [6.07, 6.45) is 2.05. The van der Waals surface area contributed by atoms with E-state index in [9.17, 15) is 9.59 Å². The van der Waals surface area contributed by atoms with Crippen LogP contribution in [0.1, 0.15) is 49.1 Å². The van der Waals surface area contributed by atoms with Crippen LogP contribution in [-0.4, -0.2) is 41.3 Å². The summed E-state index contributed by atoms with van der Waals surface area (Å²) < 4.78 is 11.3. The summed E-state index contributed by atoms with van der Waals surface area (Å²) in [5.74, 6) is 0.161. The molecule has 3 aromatic rings. The van der Waals surface area contributed by atoms with Gasteiger partial charge in [-0.05, 0) is 68.1 Å². The van der Waals surface area contributed by atoms with E-state index in [1.807, 2.05) is 26.0 Å². The number of rotatable bonds is 8. The topological polar surface area (TPSA) is 102 Å². The lowest BCUT2D eigenvalue weighted by Gasteiger charge is -2.11. The summed E-state index contributed by atoms with van der Waals surface area (Å²) in [5, 5.41) is 14.5. The quantitative estimate of drug-likeness (QED) is 0.522. The maximum absolute atomic E-state index is 12.6. The zero-order chi connectivity index (χ0) is 23.2. The molecule has 4 rings (SSSR count). The van der Waals surface area contributed by atoms with Gasteiger partial charge in [-0.1, -0.05) is 23.5 Å². The van der Waals surface area contributed by atoms with Crippen LogP contribution in [0.25, 0.3) is 0 Å². The first kappa shape index (κ1) is 22.9. The van der Waals surface area contributed by atoms with Crippen LogP contribution >= 0.6 is 11.3 Å². The van der Waals surface area contributed by atoms with E-state index >= 15 is 0 Å². The number of aryl methyl sites for hydroxylation is 2. The Morgan fingerprint density at radius 1 is 1.12 bits per heavy atom. The van der Waals surface area contributed by atoms with Crippen LogP contribution in [0.3, 0.4) is 0 Å². The fourth-order valence-electron chi connectivity index (χ4n) is 3.60.